The highest BCUT2D eigenvalue weighted by Crippen LogP contribution is 2.21. The Morgan fingerprint density at radius 1 is 1.58 bits per heavy atom. The average molecular weight is 284 g/mol. The summed E-state index contributed by atoms with van der Waals surface area (Å²) in [7, 11) is 1.42. The molecule has 0 radical (unpaired) electrons. The Labute approximate surface area is 117 Å². The molecule has 2 heterocycles. The molecular weight excluding hydrogens is 264 g/mol. The van der Waals surface area contributed by atoms with E-state index < -0.39 is 0 Å². The van der Waals surface area contributed by atoms with E-state index in [9.17, 15) is 4.79 Å². The lowest BCUT2D eigenvalue weighted by atomic mass is 10.1. The minimum atomic E-state index is -0.258. The van der Waals surface area contributed by atoms with Crippen LogP contribution in [0.25, 0.3) is 0 Å². The molecule has 2 rings (SSSR count). The van der Waals surface area contributed by atoms with Gasteiger partial charge in [-0.3, -0.25) is 0 Å². The fourth-order valence-corrected chi connectivity index (χ4v) is 2.88. The highest BCUT2D eigenvalue weighted by molar-refractivity contribution is 7.09. The fourth-order valence-electron chi connectivity index (χ4n) is 2.09. The first-order chi connectivity index (χ1) is 9.10. The lowest BCUT2D eigenvalue weighted by Gasteiger charge is -2.31. The van der Waals surface area contributed by atoms with Crippen LogP contribution in [0.1, 0.15) is 38.4 Å². The third-order valence-corrected chi connectivity index (χ3v) is 3.80. The summed E-state index contributed by atoms with van der Waals surface area (Å²) in [5.74, 6) is 1.21. The van der Waals surface area contributed by atoms with Crippen LogP contribution >= 0.6 is 11.5 Å². The number of carbonyl (C=O) groups excluding carboxylic acids is 1. The van der Waals surface area contributed by atoms with Crippen LogP contribution in [-0.4, -0.2) is 46.6 Å². The van der Waals surface area contributed by atoms with Gasteiger partial charge in [-0.1, -0.05) is 13.8 Å². The summed E-state index contributed by atoms with van der Waals surface area (Å²) in [6, 6.07) is 0.223. The lowest BCUT2D eigenvalue weighted by molar-refractivity contribution is 0.113. The van der Waals surface area contributed by atoms with E-state index in [0.717, 1.165) is 30.3 Å². The number of nitrogens with zero attached hydrogens (tertiary/aromatic N) is 3. The van der Waals surface area contributed by atoms with Gasteiger partial charge in [0.15, 0.2) is 0 Å². The SMILES string of the molecule is COC(=O)N1CCC[C@@H](Nc2nc(C(C)C)ns2)C1. The Morgan fingerprint density at radius 3 is 3.00 bits per heavy atom. The molecule has 106 valence electrons. The molecule has 0 spiro atoms. The molecule has 19 heavy (non-hydrogen) atoms. The maximum absolute atomic E-state index is 11.5. The van der Waals surface area contributed by atoms with Crippen LogP contribution in [0.5, 0.6) is 0 Å². The molecule has 1 N–H and O–H groups in total. The Hall–Kier alpha value is -1.37. The van der Waals surface area contributed by atoms with Crippen LogP contribution in [0.4, 0.5) is 9.93 Å². The summed E-state index contributed by atoms with van der Waals surface area (Å²) in [4.78, 5) is 17.7. The molecule has 1 aliphatic heterocycles. The summed E-state index contributed by atoms with van der Waals surface area (Å²) in [6.07, 6.45) is 1.75. The van der Waals surface area contributed by atoms with Gasteiger partial charge >= 0.3 is 6.09 Å². The van der Waals surface area contributed by atoms with Crippen LogP contribution in [0.3, 0.4) is 0 Å². The van der Waals surface area contributed by atoms with Crippen molar-refractivity contribution in [1.82, 2.24) is 14.3 Å². The maximum Gasteiger partial charge on any atom is 0.409 e. The van der Waals surface area contributed by atoms with Gasteiger partial charge < -0.3 is 15.0 Å². The van der Waals surface area contributed by atoms with Gasteiger partial charge in [0.1, 0.15) is 5.82 Å². The monoisotopic (exact) mass is 284 g/mol. The Balaban J connectivity index is 1.92. The van der Waals surface area contributed by atoms with Gasteiger partial charge in [-0.05, 0) is 12.8 Å². The number of carbonyl (C=O) groups is 1. The van der Waals surface area contributed by atoms with Gasteiger partial charge in [-0.2, -0.15) is 4.37 Å². The number of amides is 1. The second kappa shape index (κ2) is 6.18. The van der Waals surface area contributed by atoms with Crippen LogP contribution < -0.4 is 5.32 Å². The van der Waals surface area contributed by atoms with Crippen LogP contribution in [0.2, 0.25) is 0 Å². The van der Waals surface area contributed by atoms with Gasteiger partial charge in [0.25, 0.3) is 0 Å². The van der Waals surface area contributed by atoms with E-state index in [-0.39, 0.29) is 12.1 Å². The van der Waals surface area contributed by atoms with Crippen molar-refractivity contribution in [3.05, 3.63) is 5.82 Å². The molecule has 1 aromatic rings. The Bertz CT molecular complexity index is 435. The zero-order valence-corrected chi connectivity index (χ0v) is 12.4. The van der Waals surface area contributed by atoms with Crippen molar-refractivity contribution in [2.24, 2.45) is 0 Å². The Kier molecular flexibility index (Phi) is 4.57. The standard InChI is InChI=1S/C12H20N4O2S/c1-8(2)10-14-11(19-15-10)13-9-5-4-6-16(7-9)12(17)18-3/h8-9H,4-7H2,1-3H3,(H,13,14,15)/t9-/m1/s1. The summed E-state index contributed by atoms with van der Waals surface area (Å²) >= 11 is 1.38. The van der Waals surface area contributed by atoms with Crippen LogP contribution in [0.15, 0.2) is 0 Å². The molecule has 0 aromatic carbocycles. The number of likely N-dealkylation sites (tertiary alicyclic amines) is 1. The second-order valence-corrected chi connectivity index (χ2v) is 5.76. The first-order valence-electron chi connectivity index (χ1n) is 6.53. The molecule has 1 amide bonds. The van der Waals surface area contributed by atoms with Gasteiger partial charge in [0.05, 0.1) is 7.11 Å². The maximum atomic E-state index is 11.5. The minimum absolute atomic E-state index is 0.223. The van der Waals surface area contributed by atoms with Gasteiger partial charge in [-0.25, -0.2) is 9.78 Å². The zero-order valence-electron chi connectivity index (χ0n) is 11.5. The number of methoxy groups -OCH3 is 1. The van der Waals surface area contributed by atoms with E-state index in [4.69, 9.17) is 4.74 Å². The number of hydrogen-bond donors (Lipinski definition) is 1. The molecule has 0 bridgehead atoms. The normalized spacial score (nSPS) is 19.6. The molecule has 1 saturated heterocycles. The van der Waals surface area contributed by atoms with Crippen molar-refractivity contribution < 1.29 is 9.53 Å². The molecule has 0 unspecified atom stereocenters. The topological polar surface area (TPSA) is 67.3 Å². The molecular formula is C12H20N4O2S. The first kappa shape index (κ1) is 14.0. The molecule has 1 aromatic heterocycles. The summed E-state index contributed by atoms with van der Waals surface area (Å²) in [6.45, 7) is 5.57. The molecule has 7 heteroatoms. The predicted molar refractivity (Wildman–Crippen MR) is 74.6 cm³/mol. The highest BCUT2D eigenvalue weighted by atomic mass is 32.1. The second-order valence-electron chi connectivity index (χ2n) is 5.01. The van der Waals surface area contributed by atoms with Crippen molar-refractivity contribution >= 4 is 22.8 Å². The summed E-state index contributed by atoms with van der Waals surface area (Å²) in [5.41, 5.74) is 0. The molecule has 1 aliphatic rings. The van der Waals surface area contributed by atoms with E-state index in [1.165, 1.54) is 18.6 Å². The number of piperidine rings is 1. The van der Waals surface area contributed by atoms with Gasteiger partial charge in [-0.15, -0.1) is 0 Å². The molecule has 1 fully saturated rings. The lowest BCUT2D eigenvalue weighted by Crippen LogP contribution is -2.45. The average Bonchev–Trinajstić information content (AvgIpc) is 2.87. The van der Waals surface area contributed by atoms with Crippen molar-refractivity contribution in [2.45, 2.75) is 38.6 Å². The van der Waals surface area contributed by atoms with E-state index in [1.807, 2.05) is 0 Å². The van der Waals surface area contributed by atoms with Gasteiger partial charge in [0.2, 0.25) is 5.13 Å². The van der Waals surface area contributed by atoms with Crippen molar-refractivity contribution in [3.63, 3.8) is 0 Å². The predicted octanol–water partition coefficient (Wildman–Crippen LogP) is 2.30. The van der Waals surface area contributed by atoms with Gasteiger partial charge in [0, 0.05) is 36.6 Å². The molecule has 1 atom stereocenters. The van der Waals surface area contributed by atoms with Crippen LogP contribution in [0, 0.1) is 0 Å². The van der Waals surface area contributed by atoms with E-state index in [0.29, 0.717) is 12.5 Å². The van der Waals surface area contributed by atoms with E-state index >= 15 is 0 Å². The van der Waals surface area contributed by atoms with Crippen molar-refractivity contribution in [2.75, 3.05) is 25.5 Å². The third-order valence-electron chi connectivity index (χ3n) is 3.14. The number of aromatic nitrogens is 2. The minimum Gasteiger partial charge on any atom is -0.453 e. The van der Waals surface area contributed by atoms with Crippen molar-refractivity contribution in [3.8, 4) is 0 Å². The quantitative estimate of drug-likeness (QED) is 0.922. The first-order valence-corrected chi connectivity index (χ1v) is 7.30. The number of nitrogens with one attached hydrogen (secondary N) is 1. The fraction of sp³-hybridized carbons (Fsp3) is 0.750. The van der Waals surface area contributed by atoms with Crippen LogP contribution in [-0.2, 0) is 4.74 Å². The Morgan fingerprint density at radius 2 is 2.37 bits per heavy atom. The summed E-state index contributed by atoms with van der Waals surface area (Å²) < 4.78 is 9.07. The van der Waals surface area contributed by atoms with E-state index in [1.54, 1.807) is 4.90 Å². The number of ether oxygens (including phenoxy) is 1. The number of rotatable bonds is 3. The molecule has 0 saturated carbocycles. The largest absolute Gasteiger partial charge is 0.453 e. The summed E-state index contributed by atoms with van der Waals surface area (Å²) in [5, 5.41) is 4.19. The smallest absolute Gasteiger partial charge is 0.409 e. The van der Waals surface area contributed by atoms with Crippen molar-refractivity contribution in [1.29, 1.82) is 0 Å². The molecule has 6 nitrogen and oxygen atoms in total. The zero-order chi connectivity index (χ0) is 13.8. The number of anilines is 1. The molecule has 0 aliphatic carbocycles. The number of hydrogen-bond acceptors (Lipinski definition) is 6. The van der Waals surface area contributed by atoms with E-state index in [2.05, 4.69) is 28.5 Å². The highest BCUT2D eigenvalue weighted by Gasteiger charge is 2.24. The third kappa shape index (κ3) is 3.56.